The van der Waals surface area contributed by atoms with Crippen LogP contribution in [0.25, 0.3) is 10.9 Å². The third-order valence-corrected chi connectivity index (χ3v) is 4.17. The molecule has 4 heteroatoms. The van der Waals surface area contributed by atoms with E-state index in [1.807, 2.05) is 24.3 Å². The van der Waals surface area contributed by atoms with Crippen LogP contribution in [0.5, 0.6) is 0 Å². The van der Waals surface area contributed by atoms with Crippen LogP contribution in [0.15, 0.2) is 47.2 Å². The topological polar surface area (TPSA) is 37.8 Å². The summed E-state index contributed by atoms with van der Waals surface area (Å²) in [4.78, 5) is 8.68. The average molecular weight is 328 g/mol. The number of nitrogens with one attached hydrogen (secondary N) is 1. The van der Waals surface area contributed by atoms with Crippen LogP contribution in [-0.2, 0) is 0 Å². The predicted molar refractivity (Wildman–Crippen MR) is 86.4 cm³/mol. The van der Waals surface area contributed by atoms with Crippen molar-refractivity contribution in [2.45, 2.75) is 13.8 Å². The van der Waals surface area contributed by atoms with Crippen LogP contribution in [0.3, 0.4) is 0 Å². The largest absolute Gasteiger partial charge is 0.339 e. The summed E-state index contributed by atoms with van der Waals surface area (Å²) in [6, 6.07) is 12.3. The molecule has 3 aromatic rings. The van der Waals surface area contributed by atoms with Crippen LogP contribution in [0.2, 0.25) is 0 Å². The third-order valence-electron chi connectivity index (χ3n) is 3.31. The Balaban J connectivity index is 2.11. The molecule has 20 heavy (non-hydrogen) atoms. The Hall–Kier alpha value is -1.94. The molecule has 0 aliphatic rings. The van der Waals surface area contributed by atoms with Crippen LogP contribution in [0.1, 0.15) is 11.1 Å². The highest BCUT2D eigenvalue weighted by atomic mass is 79.9. The SMILES string of the molecule is Cc1ccc2ncnc(Nc3cccc(Br)c3C)c2c1. The van der Waals surface area contributed by atoms with Crippen molar-refractivity contribution >= 4 is 38.3 Å². The van der Waals surface area contributed by atoms with Crippen molar-refractivity contribution in [3.8, 4) is 0 Å². The second-order valence-corrected chi connectivity index (χ2v) is 5.63. The number of nitrogens with zero attached hydrogens (tertiary/aromatic N) is 2. The summed E-state index contributed by atoms with van der Waals surface area (Å²) in [5.74, 6) is 0.833. The van der Waals surface area contributed by atoms with Gasteiger partial charge in [-0.05, 0) is 43.7 Å². The number of rotatable bonds is 2. The van der Waals surface area contributed by atoms with Gasteiger partial charge in [0.05, 0.1) is 5.52 Å². The first kappa shape index (κ1) is 13.1. The minimum Gasteiger partial charge on any atom is -0.339 e. The van der Waals surface area contributed by atoms with E-state index in [4.69, 9.17) is 0 Å². The van der Waals surface area contributed by atoms with Gasteiger partial charge in [-0.15, -0.1) is 0 Å². The average Bonchev–Trinajstić information content (AvgIpc) is 2.44. The van der Waals surface area contributed by atoms with Crippen molar-refractivity contribution in [1.29, 1.82) is 0 Å². The summed E-state index contributed by atoms with van der Waals surface area (Å²) in [6.07, 6.45) is 1.59. The zero-order valence-electron chi connectivity index (χ0n) is 11.3. The molecule has 0 fully saturated rings. The number of anilines is 2. The first-order valence-corrected chi connectivity index (χ1v) is 7.18. The van der Waals surface area contributed by atoms with Gasteiger partial charge in [0.15, 0.2) is 0 Å². The summed E-state index contributed by atoms with van der Waals surface area (Å²) in [5, 5.41) is 4.44. The standard InChI is InChI=1S/C16H14BrN3/c1-10-6-7-15-12(8-10)16(19-9-18-15)20-14-5-3-4-13(17)11(14)2/h3-9H,1-2H3,(H,18,19,20). The number of hydrogen-bond acceptors (Lipinski definition) is 3. The Bertz CT molecular complexity index is 784. The fraction of sp³-hybridized carbons (Fsp3) is 0.125. The van der Waals surface area contributed by atoms with Crippen molar-refractivity contribution < 1.29 is 0 Å². The Labute approximate surface area is 126 Å². The Morgan fingerprint density at radius 3 is 2.75 bits per heavy atom. The van der Waals surface area contributed by atoms with Gasteiger partial charge in [0.2, 0.25) is 0 Å². The number of aromatic nitrogens is 2. The number of hydrogen-bond donors (Lipinski definition) is 1. The van der Waals surface area contributed by atoms with Crippen molar-refractivity contribution in [2.75, 3.05) is 5.32 Å². The lowest BCUT2D eigenvalue weighted by atomic mass is 10.1. The number of halogens is 1. The maximum atomic E-state index is 4.38. The van der Waals surface area contributed by atoms with Crippen LogP contribution in [0, 0.1) is 13.8 Å². The third kappa shape index (κ3) is 2.39. The Morgan fingerprint density at radius 2 is 1.90 bits per heavy atom. The zero-order valence-corrected chi connectivity index (χ0v) is 12.9. The Kier molecular flexibility index (Phi) is 3.40. The molecule has 0 amide bonds. The minimum atomic E-state index is 0.833. The fourth-order valence-corrected chi connectivity index (χ4v) is 2.51. The van der Waals surface area contributed by atoms with Gasteiger partial charge in [-0.25, -0.2) is 9.97 Å². The highest BCUT2D eigenvalue weighted by molar-refractivity contribution is 9.10. The monoisotopic (exact) mass is 327 g/mol. The first-order valence-electron chi connectivity index (χ1n) is 6.38. The summed E-state index contributed by atoms with van der Waals surface area (Å²) >= 11 is 3.55. The zero-order chi connectivity index (χ0) is 14.1. The van der Waals surface area contributed by atoms with Crippen LogP contribution < -0.4 is 5.32 Å². The Morgan fingerprint density at radius 1 is 1.05 bits per heavy atom. The van der Waals surface area contributed by atoms with Crippen LogP contribution in [0.4, 0.5) is 11.5 Å². The summed E-state index contributed by atoms with van der Waals surface area (Å²) in [5.41, 5.74) is 4.34. The molecule has 3 nitrogen and oxygen atoms in total. The molecular weight excluding hydrogens is 314 g/mol. The minimum absolute atomic E-state index is 0.833. The molecule has 0 spiro atoms. The van der Waals surface area contributed by atoms with Crippen LogP contribution in [-0.4, -0.2) is 9.97 Å². The van der Waals surface area contributed by atoms with Gasteiger partial charge in [-0.2, -0.15) is 0 Å². The molecule has 0 bridgehead atoms. The van der Waals surface area contributed by atoms with Gasteiger partial charge in [0.25, 0.3) is 0 Å². The van der Waals surface area contributed by atoms with Crippen molar-refractivity contribution in [1.82, 2.24) is 9.97 Å². The lowest BCUT2D eigenvalue weighted by Gasteiger charge is -2.12. The highest BCUT2D eigenvalue weighted by Gasteiger charge is 2.07. The molecule has 1 N–H and O–H groups in total. The molecular formula is C16H14BrN3. The molecule has 100 valence electrons. The molecule has 0 unspecified atom stereocenters. The van der Waals surface area contributed by atoms with E-state index in [0.717, 1.165) is 32.4 Å². The predicted octanol–water partition coefficient (Wildman–Crippen LogP) is 4.75. The van der Waals surface area contributed by atoms with E-state index in [1.165, 1.54) is 5.56 Å². The second kappa shape index (κ2) is 5.21. The van der Waals surface area contributed by atoms with E-state index < -0.39 is 0 Å². The van der Waals surface area contributed by atoms with Gasteiger partial charge < -0.3 is 5.32 Å². The molecule has 0 atom stereocenters. The van der Waals surface area contributed by atoms with E-state index >= 15 is 0 Å². The molecule has 0 saturated carbocycles. The summed E-state index contributed by atoms with van der Waals surface area (Å²) < 4.78 is 1.08. The second-order valence-electron chi connectivity index (χ2n) is 4.78. The van der Waals surface area contributed by atoms with E-state index in [9.17, 15) is 0 Å². The lowest BCUT2D eigenvalue weighted by molar-refractivity contribution is 1.21. The quantitative estimate of drug-likeness (QED) is 0.737. The van der Waals surface area contributed by atoms with Crippen LogP contribution >= 0.6 is 15.9 Å². The molecule has 0 aliphatic heterocycles. The molecule has 1 heterocycles. The van der Waals surface area contributed by atoms with Gasteiger partial charge >= 0.3 is 0 Å². The molecule has 0 aliphatic carbocycles. The van der Waals surface area contributed by atoms with Gasteiger partial charge in [0.1, 0.15) is 12.1 Å². The summed E-state index contributed by atoms with van der Waals surface area (Å²) in [7, 11) is 0. The smallest absolute Gasteiger partial charge is 0.141 e. The highest BCUT2D eigenvalue weighted by Crippen LogP contribution is 2.28. The number of fused-ring (bicyclic) bond motifs is 1. The van der Waals surface area contributed by atoms with Crippen molar-refractivity contribution in [3.63, 3.8) is 0 Å². The van der Waals surface area contributed by atoms with Crippen molar-refractivity contribution in [2.24, 2.45) is 0 Å². The van der Waals surface area contributed by atoms with Gasteiger partial charge in [-0.3, -0.25) is 0 Å². The number of benzene rings is 2. The van der Waals surface area contributed by atoms with E-state index in [2.05, 4.69) is 57.2 Å². The van der Waals surface area contributed by atoms with Crippen molar-refractivity contribution in [3.05, 3.63) is 58.3 Å². The maximum Gasteiger partial charge on any atom is 0.141 e. The summed E-state index contributed by atoms with van der Waals surface area (Å²) in [6.45, 7) is 4.14. The molecule has 3 rings (SSSR count). The molecule has 1 aromatic heterocycles. The van der Waals surface area contributed by atoms with E-state index in [-0.39, 0.29) is 0 Å². The number of aryl methyl sites for hydroxylation is 1. The van der Waals surface area contributed by atoms with E-state index in [1.54, 1.807) is 6.33 Å². The molecule has 0 saturated heterocycles. The van der Waals surface area contributed by atoms with E-state index in [0.29, 0.717) is 0 Å². The fourth-order valence-electron chi connectivity index (χ4n) is 2.14. The normalized spacial score (nSPS) is 10.8. The van der Waals surface area contributed by atoms with Gasteiger partial charge in [0, 0.05) is 15.5 Å². The lowest BCUT2D eigenvalue weighted by Crippen LogP contribution is -1.98. The van der Waals surface area contributed by atoms with Gasteiger partial charge in [-0.1, -0.05) is 33.6 Å². The first-order chi connectivity index (χ1) is 9.65. The molecule has 0 radical (unpaired) electrons. The molecule has 2 aromatic carbocycles. The maximum absolute atomic E-state index is 4.38.